The van der Waals surface area contributed by atoms with Crippen LogP contribution >= 0.6 is 22.9 Å². The van der Waals surface area contributed by atoms with E-state index < -0.39 is 21.8 Å². The molecule has 0 spiro atoms. The molecule has 2 heterocycles. The van der Waals surface area contributed by atoms with Crippen molar-refractivity contribution in [2.45, 2.75) is 23.1 Å². The van der Waals surface area contributed by atoms with Gasteiger partial charge in [-0.15, -0.1) is 11.3 Å². The summed E-state index contributed by atoms with van der Waals surface area (Å²) in [5.41, 5.74) is 0.335. The van der Waals surface area contributed by atoms with Crippen molar-refractivity contribution >= 4 is 50.5 Å². The van der Waals surface area contributed by atoms with Crippen molar-refractivity contribution in [3.63, 3.8) is 0 Å². The number of hydrogen-bond acceptors (Lipinski definition) is 5. The molecule has 0 radical (unpaired) electrons. The van der Waals surface area contributed by atoms with Gasteiger partial charge < -0.3 is 10.6 Å². The number of para-hydroxylation sites is 1. The Bertz CT molecular complexity index is 931. The van der Waals surface area contributed by atoms with Crippen LogP contribution in [0.1, 0.15) is 12.8 Å². The van der Waals surface area contributed by atoms with E-state index in [1.165, 1.54) is 4.31 Å². The first-order valence-corrected chi connectivity index (χ1v) is 11.0. The molecule has 3 rings (SSSR count). The summed E-state index contributed by atoms with van der Waals surface area (Å²) in [7, 11) is -3.58. The van der Waals surface area contributed by atoms with E-state index >= 15 is 0 Å². The Morgan fingerprint density at radius 2 is 1.96 bits per heavy atom. The fraction of sp³-hybridized carbons (Fsp3) is 0.294. The molecule has 10 heteroatoms. The van der Waals surface area contributed by atoms with Crippen LogP contribution in [0.5, 0.6) is 0 Å². The van der Waals surface area contributed by atoms with Gasteiger partial charge in [-0.1, -0.05) is 29.8 Å². The lowest BCUT2D eigenvalue weighted by Crippen LogP contribution is -2.45. The maximum absolute atomic E-state index is 12.7. The zero-order chi connectivity index (χ0) is 19.4. The maximum Gasteiger partial charge on any atom is 0.313 e. The standard InChI is InChI=1S/C17H18ClN3O4S2/c18-13-6-1-2-7-14(13)20-17(23)16(22)19-11-12-5-3-9-21(12)27(24,25)15-8-4-10-26-15/h1-2,4,6-8,10,12H,3,5,9,11H2,(H,19,22)(H,20,23)/t12-/m1/s1. The van der Waals surface area contributed by atoms with Crippen molar-refractivity contribution in [3.8, 4) is 0 Å². The molecule has 7 nitrogen and oxygen atoms in total. The molecule has 1 saturated heterocycles. The molecule has 0 saturated carbocycles. The van der Waals surface area contributed by atoms with Crippen LogP contribution in [0.25, 0.3) is 0 Å². The Kier molecular flexibility index (Phi) is 6.15. The van der Waals surface area contributed by atoms with Crippen LogP contribution < -0.4 is 10.6 Å². The highest BCUT2D eigenvalue weighted by Crippen LogP contribution is 2.28. The Labute approximate surface area is 166 Å². The van der Waals surface area contributed by atoms with E-state index in [0.717, 1.165) is 11.3 Å². The normalized spacial score (nSPS) is 17.6. The molecule has 144 valence electrons. The van der Waals surface area contributed by atoms with Gasteiger partial charge in [-0.25, -0.2) is 8.42 Å². The van der Waals surface area contributed by atoms with Gasteiger partial charge in [0.15, 0.2) is 0 Å². The molecule has 27 heavy (non-hydrogen) atoms. The van der Waals surface area contributed by atoms with E-state index in [2.05, 4.69) is 10.6 Å². The average molecular weight is 428 g/mol. The molecular weight excluding hydrogens is 410 g/mol. The summed E-state index contributed by atoms with van der Waals surface area (Å²) in [5, 5.41) is 6.98. The molecule has 1 aromatic heterocycles. The van der Waals surface area contributed by atoms with E-state index in [-0.39, 0.29) is 16.8 Å². The van der Waals surface area contributed by atoms with Gasteiger partial charge in [0, 0.05) is 19.1 Å². The fourth-order valence-corrected chi connectivity index (χ4v) is 5.88. The lowest BCUT2D eigenvalue weighted by Gasteiger charge is -2.23. The summed E-state index contributed by atoms with van der Waals surface area (Å²) in [6, 6.07) is 9.44. The van der Waals surface area contributed by atoms with Crippen LogP contribution in [0.4, 0.5) is 5.69 Å². The predicted molar refractivity (Wildman–Crippen MR) is 104 cm³/mol. The summed E-state index contributed by atoms with van der Waals surface area (Å²) < 4.78 is 27.1. The van der Waals surface area contributed by atoms with Crippen LogP contribution in [0.15, 0.2) is 46.0 Å². The van der Waals surface area contributed by atoms with Crippen LogP contribution in [-0.4, -0.2) is 43.7 Å². The summed E-state index contributed by atoms with van der Waals surface area (Å²) in [4.78, 5) is 24.1. The number of benzene rings is 1. The highest BCUT2D eigenvalue weighted by molar-refractivity contribution is 7.91. The van der Waals surface area contributed by atoms with Gasteiger partial charge in [-0.05, 0) is 36.4 Å². The van der Waals surface area contributed by atoms with Gasteiger partial charge >= 0.3 is 11.8 Å². The molecule has 2 amide bonds. The highest BCUT2D eigenvalue weighted by Gasteiger charge is 2.36. The lowest BCUT2D eigenvalue weighted by atomic mass is 10.2. The fourth-order valence-electron chi connectivity index (χ4n) is 2.89. The maximum atomic E-state index is 12.7. The molecule has 0 bridgehead atoms. The molecule has 1 fully saturated rings. The molecule has 2 aromatic rings. The van der Waals surface area contributed by atoms with Crippen molar-refractivity contribution in [1.82, 2.24) is 9.62 Å². The van der Waals surface area contributed by atoms with E-state index in [4.69, 9.17) is 11.6 Å². The molecule has 2 N–H and O–H groups in total. The molecule has 0 aliphatic carbocycles. The second-order valence-corrected chi connectivity index (χ2v) is 9.46. The summed E-state index contributed by atoms with van der Waals surface area (Å²) in [6.07, 6.45) is 1.33. The van der Waals surface area contributed by atoms with E-state index in [9.17, 15) is 18.0 Å². The summed E-state index contributed by atoms with van der Waals surface area (Å²) in [5.74, 6) is -1.69. The minimum atomic E-state index is -3.58. The van der Waals surface area contributed by atoms with Gasteiger partial charge in [0.1, 0.15) is 4.21 Å². The number of sulfonamides is 1. The molecule has 1 aromatic carbocycles. The zero-order valence-corrected chi connectivity index (χ0v) is 16.6. The van der Waals surface area contributed by atoms with Gasteiger partial charge in [-0.2, -0.15) is 4.31 Å². The number of nitrogens with one attached hydrogen (secondary N) is 2. The Morgan fingerprint density at radius 3 is 2.67 bits per heavy atom. The Morgan fingerprint density at radius 1 is 1.19 bits per heavy atom. The molecular formula is C17H18ClN3O4S2. The molecule has 1 atom stereocenters. The number of amides is 2. The minimum absolute atomic E-state index is 0.0688. The second kappa shape index (κ2) is 8.39. The second-order valence-electron chi connectivity index (χ2n) is 5.99. The van der Waals surface area contributed by atoms with Gasteiger partial charge in [0.25, 0.3) is 10.0 Å². The number of rotatable bonds is 5. The van der Waals surface area contributed by atoms with Crippen LogP contribution in [0, 0.1) is 0 Å². The average Bonchev–Trinajstić information content (AvgIpc) is 3.33. The highest BCUT2D eigenvalue weighted by atomic mass is 35.5. The third-order valence-electron chi connectivity index (χ3n) is 4.21. The van der Waals surface area contributed by atoms with Crippen molar-refractivity contribution in [2.24, 2.45) is 0 Å². The number of hydrogen-bond donors (Lipinski definition) is 2. The Balaban J connectivity index is 1.59. The van der Waals surface area contributed by atoms with Crippen LogP contribution in [-0.2, 0) is 19.6 Å². The Hall–Kier alpha value is -1.94. The first-order valence-electron chi connectivity index (χ1n) is 8.28. The lowest BCUT2D eigenvalue weighted by molar-refractivity contribution is -0.136. The van der Waals surface area contributed by atoms with E-state index in [0.29, 0.717) is 30.1 Å². The summed E-state index contributed by atoms with van der Waals surface area (Å²) >= 11 is 7.11. The van der Waals surface area contributed by atoms with Crippen molar-refractivity contribution in [3.05, 3.63) is 46.8 Å². The molecule has 0 unspecified atom stereocenters. The zero-order valence-electron chi connectivity index (χ0n) is 14.2. The number of carbonyl (C=O) groups excluding carboxylic acids is 2. The SMILES string of the molecule is O=C(NC[C@H]1CCCN1S(=O)(=O)c1cccs1)C(=O)Nc1ccccc1Cl. The van der Waals surface area contributed by atoms with E-state index in [1.54, 1.807) is 41.8 Å². The predicted octanol–water partition coefficient (Wildman–Crippen LogP) is 2.31. The monoisotopic (exact) mass is 427 g/mol. The number of halogens is 1. The third kappa shape index (κ3) is 4.49. The molecule has 1 aliphatic heterocycles. The van der Waals surface area contributed by atoms with Gasteiger partial charge in [0.2, 0.25) is 0 Å². The summed E-state index contributed by atoms with van der Waals surface area (Å²) in [6.45, 7) is 0.464. The first-order chi connectivity index (χ1) is 12.9. The van der Waals surface area contributed by atoms with Crippen LogP contribution in [0.2, 0.25) is 5.02 Å². The van der Waals surface area contributed by atoms with Gasteiger partial charge in [0.05, 0.1) is 10.7 Å². The minimum Gasteiger partial charge on any atom is -0.346 e. The quantitative estimate of drug-likeness (QED) is 0.716. The number of nitrogens with zero attached hydrogens (tertiary/aromatic N) is 1. The van der Waals surface area contributed by atoms with Crippen molar-refractivity contribution in [2.75, 3.05) is 18.4 Å². The van der Waals surface area contributed by atoms with E-state index in [1.807, 2.05) is 0 Å². The van der Waals surface area contributed by atoms with Crippen LogP contribution in [0.3, 0.4) is 0 Å². The first kappa shape index (κ1) is 19.8. The molecule has 1 aliphatic rings. The topological polar surface area (TPSA) is 95.6 Å². The van der Waals surface area contributed by atoms with Gasteiger partial charge in [-0.3, -0.25) is 9.59 Å². The van der Waals surface area contributed by atoms with Crippen molar-refractivity contribution in [1.29, 1.82) is 0 Å². The smallest absolute Gasteiger partial charge is 0.313 e. The van der Waals surface area contributed by atoms with Crippen molar-refractivity contribution < 1.29 is 18.0 Å². The number of anilines is 1. The number of carbonyl (C=O) groups is 2. The number of thiophene rings is 1. The third-order valence-corrected chi connectivity index (χ3v) is 7.86. The largest absolute Gasteiger partial charge is 0.346 e.